The van der Waals surface area contributed by atoms with Crippen LogP contribution in [0.25, 0.3) is 0 Å². The lowest BCUT2D eigenvalue weighted by atomic mass is 9.78. The molecule has 0 atom stereocenters. The molecule has 0 amide bonds. The molecule has 0 spiro atoms. The second-order valence-electron chi connectivity index (χ2n) is 5.95. The maximum atomic E-state index is 12.7. The van der Waals surface area contributed by atoms with Crippen molar-refractivity contribution in [2.24, 2.45) is 0 Å². The molecule has 1 rings (SSSR count). The Balaban J connectivity index is 2.39. The van der Waals surface area contributed by atoms with Crippen LogP contribution in [0.1, 0.15) is 63.9 Å². The van der Waals surface area contributed by atoms with Crippen LogP contribution >= 0.6 is 0 Å². The van der Waals surface area contributed by atoms with E-state index >= 15 is 0 Å². The topological polar surface area (TPSA) is 49.7 Å². The van der Waals surface area contributed by atoms with Gasteiger partial charge in [0.25, 0.3) is 0 Å². The Bertz CT molecular complexity index is 479. The summed E-state index contributed by atoms with van der Waals surface area (Å²) in [5, 5.41) is 18.5. The minimum atomic E-state index is -4.53. The predicted molar refractivity (Wildman–Crippen MR) is 89.4 cm³/mol. The summed E-state index contributed by atoms with van der Waals surface area (Å²) >= 11 is 0. The van der Waals surface area contributed by atoms with Crippen LogP contribution in [0, 0.1) is 0 Å². The van der Waals surface area contributed by atoms with Crippen molar-refractivity contribution in [3.8, 4) is 5.75 Å². The summed E-state index contributed by atoms with van der Waals surface area (Å²) in [6.45, 7) is 2.52. The molecule has 0 aliphatic rings. The number of rotatable bonds is 11. The zero-order valence-electron chi connectivity index (χ0n) is 14.1. The van der Waals surface area contributed by atoms with Crippen LogP contribution in [0.15, 0.2) is 18.2 Å². The molecule has 0 unspecified atom stereocenters. The first-order valence-corrected chi connectivity index (χ1v) is 8.56. The molecular weight excluding hydrogens is 320 g/mol. The number of halogens is 3. The van der Waals surface area contributed by atoms with Crippen molar-refractivity contribution in [1.29, 1.82) is 0 Å². The second kappa shape index (κ2) is 10.6. The van der Waals surface area contributed by atoms with E-state index in [0.717, 1.165) is 31.4 Å². The van der Waals surface area contributed by atoms with Gasteiger partial charge in [-0.15, -0.1) is 0 Å². The van der Waals surface area contributed by atoms with E-state index in [-0.39, 0.29) is 11.2 Å². The molecule has 2 N–H and O–H groups in total. The maximum absolute atomic E-state index is 12.7. The van der Waals surface area contributed by atoms with Gasteiger partial charge >= 0.3 is 13.3 Å². The van der Waals surface area contributed by atoms with E-state index in [1.807, 2.05) is 0 Å². The summed E-state index contributed by atoms with van der Waals surface area (Å²) in [5.74, 6) is 0.0842. The third-order valence-electron chi connectivity index (χ3n) is 3.87. The number of hydrogen-bond donors (Lipinski definition) is 2. The fourth-order valence-corrected chi connectivity index (χ4v) is 2.48. The minimum Gasteiger partial charge on any atom is -0.494 e. The van der Waals surface area contributed by atoms with E-state index in [2.05, 4.69) is 6.92 Å². The van der Waals surface area contributed by atoms with E-state index in [4.69, 9.17) is 4.74 Å². The zero-order chi connectivity index (χ0) is 18.0. The Hall–Kier alpha value is -1.21. The Morgan fingerprint density at radius 1 is 0.958 bits per heavy atom. The number of alkyl halides is 3. The van der Waals surface area contributed by atoms with Gasteiger partial charge in [-0.2, -0.15) is 13.2 Å². The predicted octanol–water partition coefficient (Wildman–Crippen LogP) is 3.90. The van der Waals surface area contributed by atoms with E-state index < -0.39 is 18.9 Å². The molecule has 3 nitrogen and oxygen atoms in total. The van der Waals surface area contributed by atoms with Crippen molar-refractivity contribution in [3.63, 3.8) is 0 Å². The van der Waals surface area contributed by atoms with Crippen LogP contribution in [0.2, 0.25) is 0 Å². The van der Waals surface area contributed by atoms with Gasteiger partial charge in [-0.1, -0.05) is 51.9 Å². The third kappa shape index (κ3) is 7.58. The fraction of sp³-hybridized carbons (Fsp3) is 0.647. The zero-order valence-corrected chi connectivity index (χ0v) is 14.1. The van der Waals surface area contributed by atoms with Crippen molar-refractivity contribution in [3.05, 3.63) is 23.8 Å². The van der Waals surface area contributed by atoms with Crippen molar-refractivity contribution >= 4 is 12.6 Å². The molecule has 0 heterocycles. The van der Waals surface area contributed by atoms with Crippen LogP contribution in [-0.4, -0.2) is 23.8 Å². The molecule has 0 radical (unpaired) electrons. The van der Waals surface area contributed by atoms with Gasteiger partial charge in [-0.3, -0.25) is 0 Å². The van der Waals surface area contributed by atoms with E-state index in [1.165, 1.54) is 32.1 Å². The van der Waals surface area contributed by atoms with Gasteiger partial charge in [0, 0.05) is 5.46 Å². The Morgan fingerprint density at radius 2 is 1.54 bits per heavy atom. The second-order valence-corrected chi connectivity index (χ2v) is 5.95. The van der Waals surface area contributed by atoms with E-state index in [0.29, 0.717) is 12.7 Å². The van der Waals surface area contributed by atoms with E-state index in [9.17, 15) is 23.2 Å². The lowest BCUT2D eigenvalue weighted by Crippen LogP contribution is -2.32. The average molecular weight is 346 g/mol. The number of hydrogen-bond acceptors (Lipinski definition) is 3. The van der Waals surface area contributed by atoms with Gasteiger partial charge in [0.1, 0.15) is 5.75 Å². The van der Waals surface area contributed by atoms with Gasteiger partial charge in [0.15, 0.2) is 0 Å². The summed E-state index contributed by atoms with van der Waals surface area (Å²) in [4.78, 5) is 0. The molecular formula is C17H26BF3O3. The van der Waals surface area contributed by atoms with Crippen molar-refractivity contribution in [1.82, 2.24) is 0 Å². The highest BCUT2D eigenvalue weighted by Gasteiger charge is 2.32. The van der Waals surface area contributed by atoms with Crippen LogP contribution in [0.4, 0.5) is 13.2 Å². The molecule has 0 saturated heterocycles. The summed E-state index contributed by atoms with van der Waals surface area (Å²) in [7, 11) is -2.00. The highest BCUT2D eigenvalue weighted by Crippen LogP contribution is 2.29. The maximum Gasteiger partial charge on any atom is 0.492 e. The molecule has 0 aromatic heterocycles. The molecule has 0 fully saturated rings. The SMILES string of the molecule is CCCCCCCCCCOc1ccc(C(F)(F)F)cc1B(O)O. The van der Waals surface area contributed by atoms with Gasteiger partial charge in [-0.05, 0) is 24.6 Å². The quantitative estimate of drug-likeness (QED) is 0.472. The van der Waals surface area contributed by atoms with Crippen LogP contribution in [-0.2, 0) is 6.18 Å². The molecule has 7 heteroatoms. The fourth-order valence-electron chi connectivity index (χ4n) is 2.48. The monoisotopic (exact) mass is 346 g/mol. The summed E-state index contributed by atoms with van der Waals surface area (Å²) in [6, 6.07) is 2.74. The number of unbranched alkanes of at least 4 members (excludes halogenated alkanes) is 7. The lowest BCUT2D eigenvalue weighted by Gasteiger charge is -2.14. The molecule has 0 bridgehead atoms. The summed E-state index contributed by atoms with van der Waals surface area (Å²) < 4.78 is 43.4. The molecule has 1 aromatic carbocycles. The van der Waals surface area contributed by atoms with Crippen LogP contribution in [0.3, 0.4) is 0 Å². The van der Waals surface area contributed by atoms with Gasteiger partial charge < -0.3 is 14.8 Å². The minimum absolute atomic E-state index is 0.0842. The first kappa shape index (κ1) is 20.8. The normalized spacial score (nSPS) is 11.6. The Kier molecular flexibility index (Phi) is 9.22. The smallest absolute Gasteiger partial charge is 0.492 e. The highest BCUT2D eigenvalue weighted by molar-refractivity contribution is 6.59. The Labute approximate surface area is 142 Å². The average Bonchev–Trinajstić information content (AvgIpc) is 2.52. The van der Waals surface area contributed by atoms with Crippen LogP contribution < -0.4 is 10.2 Å². The third-order valence-corrected chi connectivity index (χ3v) is 3.87. The molecule has 1 aromatic rings. The lowest BCUT2D eigenvalue weighted by molar-refractivity contribution is -0.137. The molecule has 136 valence electrons. The van der Waals surface area contributed by atoms with Gasteiger partial charge in [0.05, 0.1) is 12.2 Å². The Morgan fingerprint density at radius 3 is 2.08 bits per heavy atom. The standard InChI is InChI=1S/C17H26BF3O3/c1-2-3-4-5-6-7-8-9-12-24-16-11-10-14(17(19,20)21)13-15(16)18(22)23/h10-11,13,22-23H,2-9,12H2,1H3. The first-order valence-electron chi connectivity index (χ1n) is 8.56. The van der Waals surface area contributed by atoms with Crippen molar-refractivity contribution in [2.75, 3.05) is 6.61 Å². The molecule has 0 aliphatic carbocycles. The van der Waals surface area contributed by atoms with Crippen LogP contribution in [0.5, 0.6) is 5.75 Å². The van der Waals surface area contributed by atoms with Gasteiger partial charge in [0.2, 0.25) is 0 Å². The van der Waals surface area contributed by atoms with Gasteiger partial charge in [-0.25, -0.2) is 0 Å². The summed E-state index contributed by atoms with van der Waals surface area (Å²) in [6.07, 6.45) is 4.52. The summed E-state index contributed by atoms with van der Waals surface area (Å²) in [5.41, 5.74) is -1.19. The number of ether oxygens (including phenoxy) is 1. The molecule has 0 aliphatic heterocycles. The van der Waals surface area contributed by atoms with Crippen molar-refractivity contribution < 1.29 is 28.0 Å². The number of benzene rings is 1. The largest absolute Gasteiger partial charge is 0.494 e. The molecule has 24 heavy (non-hydrogen) atoms. The molecule has 0 saturated carbocycles. The first-order chi connectivity index (χ1) is 11.4. The van der Waals surface area contributed by atoms with Crippen molar-refractivity contribution in [2.45, 2.75) is 64.5 Å². The highest BCUT2D eigenvalue weighted by atomic mass is 19.4. The van der Waals surface area contributed by atoms with E-state index in [1.54, 1.807) is 0 Å².